The lowest BCUT2D eigenvalue weighted by Crippen LogP contribution is -2.49. The van der Waals surface area contributed by atoms with Gasteiger partial charge < -0.3 is 14.4 Å². The van der Waals surface area contributed by atoms with Crippen molar-refractivity contribution in [1.82, 2.24) is 0 Å². The molecule has 0 saturated carbocycles. The van der Waals surface area contributed by atoms with E-state index in [0.29, 0.717) is 39.6 Å². The highest BCUT2D eigenvalue weighted by Gasteiger charge is 2.41. The maximum atomic E-state index is 14.8. The van der Waals surface area contributed by atoms with Crippen LogP contribution in [0.5, 0.6) is 11.5 Å². The highest BCUT2D eigenvalue weighted by atomic mass is 79.9. The third-order valence-electron chi connectivity index (χ3n) is 8.17. The summed E-state index contributed by atoms with van der Waals surface area (Å²) in [5.74, 6) is 0.710. The molecule has 0 unspecified atom stereocenters. The van der Waals surface area contributed by atoms with E-state index in [1.165, 1.54) is 6.07 Å². The summed E-state index contributed by atoms with van der Waals surface area (Å²) >= 11 is 3.76. The van der Waals surface area contributed by atoms with E-state index in [4.69, 9.17) is 9.47 Å². The average molecular weight is 713 g/mol. The van der Waals surface area contributed by atoms with E-state index in [0.717, 1.165) is 22.3 Å². The van der Waals surface area contributed by atoms with Crippen LogP contribution >= 0.6 is 15.9 Å². The van der Waals surface area contributed by atoms with Crippen molar-refractivity contribution in [2.75, 3.05) is 28.7 Å². The number of nitrogens with one attached hydrogen (secondary N) is 1. The summed E-state index contributed by atoms with van der Waals surface area (Å²) < 4.78 is 41.9. The van der Waals surface area contributed by atoms with E-state index >= 15 is 0 Å². The van der Waals surface area contributed by atoms with Gasteiger partial charge in [0, 0.05) is 28.0 Å². The molecule has 0 aromatic heterocycles. The molecule has 1 amide bonds. The number of aryl methyl sites for hydroxylation is 2. The van der Waals surface area contributed by atoms with Crippen LogP contribution in [-0.4, -0.2) is 28.5 Å². The van der Waals surface area contributed by atoms with Gasteiger partial charge in [0.1, 0.15) is 6.17 Å². The van der Waals surface area contributed by atoms with Crippen molar-refractivity contribution in [2.24, 2.45) is 0 Å². The molecule has 0 fully saturated rings. The average Bonchev–Trinajstić information content (AvgIpc) is 3.07. The number of carbonyl (C=O) groups excluding carboxylic acids is 1. The van der Waals surface area contributed by atoms with Gasteiger partial charge in [-0.2, -0.15) is 0 Å². The number of anilines is 3. The van der Waals surface area contributed by atoms with Gasteiger partial charge in [-0.1, -0.05) is 81.7 Å². The molecule has 10 heteroatoms. The highest BCUT2D eigenvalue weighted by Crippen LogP contribution is 2.47. The lowest BCUT2D eigenvalue weighted by molar-refractivity contribution is 0.0967. The van der Waals surface area contributed by atoms with E-state index < -0.39 is 16.2 Å². The summed E-state index contributed by atoms with van der Waals surface area (Å²) in [6.45, 7) is 4.34. The molecule has 8 nitrogen and oxygen atoms in total. The second-order valence-corrected chi connectivity index (χ2v) is 13.9. The largest absolute Gasteiger partial charge is 0.493 e. The summed E-state index contributed by atoms with van der Waals surface area (Å²) in [4.78, 5) is 18.6. The number of hydrogen-bond acceptors (Lipinski definition) is 6. The van der Waals surface area contributed by atoms with Crippen molar-refractivity contribution in [1.29, 1.82) is 0 Å². The lowest BCUT2D eigenvalue weighted by atomic mass is 9.98. The molecule has 47 heavy (non-hydrogen) atoms. The van der Waals surface area contributed by atoms with Crippen molar-refractivity contribution < 1.29 is 22.7 Å². The van der Waals surface area contributed by atoms with E-state index in [1.54, 1.807) is 43.4 Å². The number of ether oxygens (including phenoxy) is 2. The number of methoxy groups -OCH3 is 2. The zero-order valence-corrected chi connectivity index (χ0v) is 28.8. The van der Waals surface area contributed by atoms with Crippen molar-refractivity contribution in [2.45, 2.75) is 31.5 Å². The Bertz CT molecular complexity index is 2040. The third kappa shape index (κ3) is 6.43. The van der Waals surface area contributed by atoms with Gasteiger partial charge in [-0.05, 0) is 74.0 Å². The topological polar surface area (TPSA) is 88.2 Å². The smallest absolute Gasteiger partial charge is 0.262 e. The van der Waals surface area contributed by atoms with Gasteiger partial charge in [0.15, 0.2) is 11.5 Å². The first-order valence-electron chi connectivity index (χ1n) is 15.0. The predicted molar refractivity (Wildman–Crippen MR) is 189 cm³/mol. The number of hydrogen-bond donors (Lipinski definition) is 1. The molecule has 1 heterocycles. The highest BCUT2D eigenvalue weighted by molar-refractivity contribution is 9.10. The van der Waals surface area contributed by atoms with Crippen LogP contribution in [-0.2, 0) is 16.6 Å². The van der Waals surface area contributed by atoms with Gasteiger partial charge in [-0.15, -0.1) is 0 Å². The van der Waals surface area contributed by atoms with Crippen LogP contribution in [0.25, 0.3) is 0 Å². The molecule has 0 radical (unpaired) electrons. The first kappa shape index (κ1) is 32.2. The van der Waals surface area contributed by atoms with Crippen LogP contribution < -0.4 is 24.0 Å². The minimum Gasteiger partial charge on any atom is -0.493 e. The molecule has 6 rings (SSSR count). The van der Waals surface area contributed by atoms with Crippen molar-refractivity contribution in [3.8, 4) is 11.5 Å². The van der Waals surface area contributed by atoms with E-state index in [1.807, 2.05) is 92.7 Å². The summed E-state index contributed by atoms with van der Waals surface area (Å²) in [5.41, 5.74) is 5.78. The molecule has 1 aliphatic rings. The van der Waals surface area contributed by atoms with Crippen LogP contribution in [0, 0.1) is 13.8 Å². The number of rotatable bonds is 9. The molecule has 240 valence electrons. The Kier molecular flexibility index (Phi) is 8.98. The number of nitrogens with zero attached hydrogens (tertiary/aromatic N) is 2. The molecular formula is C37H34BrN3O5S. The first-order valence-corrected chi connectivity index (χ1v) is 17.2. The molecule has 1 aliphatic heterocycles. The summed E-state index contributed by atoms with van der Waals surface area (Å²) in [6.07, 6.45) is -0.653. The van der Waals surface area contributed by atoms with Crippen molar-refractivity contribution in [3.63, 3.8) is 0 Å². The maximum absolute atomic E-state index is 14.8. The molecule has 1 atom stereocenters. The van der Waals surface area contributed by atoms with Crippen LogP contribution in [0.3, 0.4) is 0 Å². The van der Waals surface area contributed by atoms with Gasteiger partial charge in [-0.3, -0.25) is 14.4 Å². The van der Waals surface area contributed by atoms with Gasteiger partial charge in [0.05, 0.1) is 30.4 Å². The normalized spacial score (nSPS) is 14.5. The van der Waals surface area contributed by atoms with Gasteiger partial charge >= 0.3 is 0 Å². The van der Waals surface area contributed by atoms with Crippen LogP contribution in [0.2, 0.25) is 0 Å². The fourth-order valence-electron chi connectivity index (χ4n) is 5.74. The standard InChI is InChI=1S/C37H34BrN3O5S/c1-24-10-14-27(15-11-24)39-47(43,44)29-18-19-33-31(20-29)37(42)41(28-16-12-25(2)13-17-28)36(40(33)23-26-8-6-5-7-9-26)30-21-34(45-3)35(46-4)22-32(30)38/h5-22,36,39H,23H2,1-4H3/t36-/m1/s1. The zero-order chi connectivity index (χ0) is 33.3. The number of amides is 1. The Morgan fingerprint density at radius 3 is 2.04 bits per heavy atom. The Morgan fingerprint density at radius 1 is 0.787 bits per heavy atom. The second-order valence-electron chi connectivity index (χ2n) is 11.4. The molecule has 0 spiro atoms. The van der Waals surface area contributed by atoms with Gasteiger partial charge in [0.2, 0.25) is 0 Å². The fraction of sp³-hybridized carbons (Fsp3) is 0.162. The van der Waals surface area contributed by atoms with Crippen LogP contribution in [0.15, 0.2) is 119 Å². The Morgan fingerprint density at radius 2 is 1.40 bits per heavy atom. The van der Waals surface area contributed by atoms with E-state index in [9.17, 15) is 13.2 Å². The number of benzene rings is 5. The zero-order valence-electron chi connectivity index (χ0n) is 26.4. The molecule has 1 N–H and O–H groups in total. The summed E-state index contributed by atoms with van der Waals surface area (Å²) in [6, 6.07) is 33.2. The van der Waals surface area contributed by atoms with Crippen LogP contribution in [0.4, 0.5) is 17.1 Å². The second kappa shape index (κ2) is 13.1. The quantitative estimate of drug-likeness (QED) is 0.166. The van der Waals surface area contributed by atoms with Gasteiger partial charge in [-0.25, -0.2) is 8.42 Å². The Labute approximate surface area is 283 Å². The number of carbonyl (C=O) groups is 1. The Hall–Kier alpha value is -4.80. The minimum atomic E-state index is -4.01. The molecule has 5 aromatic carbocycles. The molecule has 0 bridgehead atoms. The third-order valence-corrected chi connectivity index (χ3v) is 10.2. The van der Waals surface area contributed by atoms with Crippen molar-refractivity contribution in [3.05, 3.63) is 141 Å². The van der Waals surface area contributed by atoms with E-state index in [2.05, 4.69) is 25.6 Å². The Balaban J connectivity index is 1.56. The van der Waals surface area contributed by atoms with Gasteiger partial charge in [0.25, 0.3) is 15.9 Å². The first-order chi connectivity index (χ1) is 22.6. The number of halogens is 1. The molecule has 0 aliphatic carbocycles. The molecule has 5 aromatic rings. The lowest BCUT2D eigenvalue weighted by Gasteiger charge is -2.46. The van der Waals surface area contributed by atoms with Crippen LogP contribution in [0.1, 0.15) is 38.8 Å². The number of fused-ring (bicyclic) bond motifs is 1. The number of sulfonamides is 1. The fourth-order valence-corrected chi connectivity index (χ4v) is 7.35. The minimum absolute atomic E-state index is 0.0144. The maximum Gasteiger partial charge on any atom is 0.262 e. The summed E-state index contributed by atoms with van der Waals surface area (Å²) in [7, 11) is -0.868. The van der Waals surface area contributed by atoms with Crippen molar-refractivity contribution >= 4 is 48.9 Å². The predicted octanol–water partition coefficient (Wildman–Crippen LogP) is 8.25. The SMILES string of the molecule is COc1cc(Br)c([C@@H]2N(Cc3ccccc3)c3ccc(S(=O)(=O)Nc4ccc(C)cc4)cc3C(=O)N2c2ccc(C)cc2)cc1OC. The monoisotopic (exact) mass is 711 g/mol. The van der Waals surface area contributed by atoms with E-state index in [-0.39, 0.29) is 16.4 Å². The summed E-state index contributed by atoms with van der Waals surface area (Å²) in [5, 5.41) is 0. The molecule has 0 saturated heterocycles. The molecular weight excluding hydrogens is 678 g/mol.